The number of hydrogen-bond donors (Lipinski definition) is 0. The Morgan fingerprint density at radius 2 is 0.500 bits per heavy atom. The van der Waals surface area contributed by atoms with Gasteiger partial charge in [0.05, 0.1) is 0 Å². The summed E-state index contributed by atoms with van der Waals surface area (Å²) in [6, 6.07) is 0. The van der Waals surface area contributed by atoms with Crippen LogP contribution in [-0.2, 0) is 0 Å². The first-order valence-electron chi connectivity index (χ1n) is 5.74. The van der Waals surface area contributed by atoms with Crippen molar-refractivity contribution < 1.29 is 42.1 Å². The molecule has 1 aliphatic rings. The zero-order chi connectivity index (χ0) is 18.1. The number of halogens is 10. The van der Waals surface area contributed by atoms with Crippen LogP contribution in [-0.4, -0.2) is 30.2 Å². The van der Waals surface area contributed by atoms with E-state index >= 15 is 0 Å². The molecule has 128 valence electrons. The Bertz CT molecular complexity index is 753. The summed E-state index contributed by atoms with van der Waals surface area (Å²) >= 11 is -9.98. The van der Waals surface area contributed by atoms with Crippen LogP contribution in [0.1, 0.15) is 0 Å². The minimum absolute atomic E-state index is 1.58. The topological polar surface area (TPSA) is 0 Å². The van der Waals surface area contributed by atoms with Crippen LogP contribution in [0.5, 0.6) is 0 Å². The predicted molar refractivity (Wildman–Crippen MR) is 64.8 cm³/mol. The van der Waals surface area contributed by atoms with E-state index < -0.39 is 94.2 Å². The van der Waals surface area contributed by atoms with Gasteiger partial charge in [0.25, 0.3) is 0 Å². The Balaban J connectivity index is 2.48. The van der Waals surface area contributed by atoms with Crippen LogP contribution < -0.4 is 17.4 Å². The van der Waals surface area contributed by atoms with E-state index in [1.54, 1.807) is 0 Å². The summed E-state index contributed by atoms with van der Waals surface area (Å²) in [5.74, 6) is -19.0. The molecule has 0 saturated carbocycles. The molecule has 2 aromatic carbocycles. The van der Waals surface area contributed by atoms with Gasteiger partial charge < -0.3 is 0 Å². The van der Waals surface area contributed by atoms with Gasteiger partial charge in [-0.1, -0.05) is 0 Å². The summed E-state index contributed by atoms with van der Waals surface area (Å²) in [4.78, 5) is 0. The normalized spacial score (nSPS) is 19.2. The fourth-order valence-electron chi connectivity index (χ4n) is 2.16. The van der Waals surface area contributed by atoms with E-state index in [1.807, 2.05) is 0 Å². The number of benzene rings is 2. The van der Waals surface area contributed by atoms with E-state index in [0.717, 1.165) is 0 Å². The first-order valence-corrected chi connectivity index (χ1v) is 10.9. The second-order valence-corrected chi connectivity index (χ2v) is 10.6. The Labute approximate surface area is 136 Å². The number of hydrogen-bond acceptors (Lipinski definition) is 0. The summed E-state index contributed by atoms with van der Waals surface area (Å²) in [5.41, 5.74) is 0. The van der Waals surface area contributed by atoms with Crippen molar-refractivity contribution >= 4 is 47.6 Å². The number of fused-ring (bicyclic) bond motifs is 2. The average Bonchev–Trinajstić information content (AvgIpc) is 2.55. The maximum atomic E-state index is 14.5. The van der Waals surface area contributed by atoms with E-state index in [9.17, 15) is 42.1 Å². The van der Waals surface area contributed by atoms with E-state index in [2.05, 4.69) is 0 Å². The minimum atomic E-state index is -4.99. The van der Waals surface area contributed by atoms with Gasteiger partial charge in [0, 0.05) is 0 Å². The van der Waals surface area contributed by atoms with Crippen molar-refractivity contribution in [1.82, 2.24) is 0 Å². The van der Waals surface area contributed by atoms with Crippen LogP contribution in [0, 0.1) is 46.5 Å². The molecule has 0 unspecified atom stereocenters. The van der Waals surface area contributed by atoms with Gasteiger partial charge in [0.15, 0.2) is 0 Å². The van der Waals surface area contributed by atoms with Gasteiger partial charge in [-0.25, -0.2) is 0 Å². The third-order valence-corrected chi connectivity index (χ3v) is 11.7. The van der Waals surface area contributed by atoms with E-state index in [0.29, 0.717) is 0 Å². The molecule has 0 spiro atoms. The van der Waals surface area contributed by atoms with Crippen LogP contribution in [0.3, 0.4) is 0 Å². The second kappa shape index (κ2) is 5.70. The summed E-state index contributed by atoms with van der Waals surface area (Å²) in [5, 5.41) is 0. The zero-order valence-electron chi connectivity index (χ0n) is 10.7. The Kier molecular flexibility index (Phi) is 4.19. The summed E-state index contributed by atoms with van der Waals surface area (Å²) in [6.45, 7) is 0. The number of rotatable bonds is 0. The van der Waals surface area contributed by atoms with Gasteiger partial charge in [-0.2, -0.15) is 0 Å². The Morgan fingerprint density at radius 3 is 0.667 bits per heavy atom. The van der Waals surface area contributed by atoms with Crippen molar-refractivity contribution in [2.24, 2.45) is 0 Å². The SMILES string of the molecule is Fc1c(F)c(F)c2c(c1F)[As](F)c1c(F)c(F)c(F)c(F)c1[As]2F. The standard InChI is InChI=1S/C12As2F10/c15-5-1-2(6(16)10(20)9(5)19)14(24)4-3(13(1)23)7(17)11(21)12(22)8(4)18. The monoisotopic (exact) mass is 484 g/mol. The molecule has 24 heavy (non-hydrogen) atoms. The van der Waals surface area contributed by atoms with Crippen molar-refractivity contribution in [2.75, 3.05) is 0 Å². The molecule has 0 radical (unpaired) electrons. The van der Waals surface area contributed by atoms with E-state index in [4.69, 9.17) is 0 Å². The molecule has 1 aliphatic heterocycles. The van der Waals surface area contributed by atoms with Crippen LogP contribution in [0.4, 0.5) is 42.1 Å². The van der Waals surface area contributed by atoms with Gasteiger partial charge >= 0.3 is 136 Å². The van der Waals surface area contributed by atoms with E-state index in [-0.39, 0.29) is 0 Å². The van der Waals surface area contributed by atoms with Crippen LogP contribution in [0.25, 0.3) is 0 Å². The van der Waals surface area contributed by atoms with Crippen LogP contribution in [0.2, 0.25) is 0 Å². The molecule has 0 saturated heterocycles. The molecular weight excluding hydrogens is 484 g/mol. The van der Waals surface area contributed by atoms with Crippen LogP contribution >= 0.6 is 0 Å². The van der Waals surface area contributed by atoms with Crippen molar-refractivity contribution in [1.29, 1.82) is 0 Å². The maximum absolute atomic E-state index is 14.5. The van der Waals surface area contributed by atoms with Gasteiger partial charge in [-0.15, -0.1) is 0 Å². The van der Waals surface area contributed by atoms with Crippen LogP contribution in [0.15, 0.2) is 0 Å². The molecule has 0 aromatic heterocycles. The summed E-state index contributed by atoms with van der Waals surface area (Å²) in [7, 11) is 0. The summed E-state index contributed by atoms with van der Waals surface area (Å²) in [6.07, 6.45) is 0. The van der Waals surface area contributed by atoms with Crippen molar-refractivity contribution in [3.8, 4) is 0 Å². The molecule has 1 heterocycles. The summed E-state index contributed by atoms with van der Waals surface area (Å²) < 4.78 is 130. The molecule has 0 fully saturated rings. The van der Waals surface area contributed by atoms with Gasteiger partial charge in [-0.3, -0.25) is 0 Å². The van der Waals surface area contributed by atoms with Crippen molar-refractivity contribution in [3.05, 3.63) is 46.5 Å². The molecule has 0 bridgehead atoms. The molecule has 0 N–H and O–H groups in total. The first kappa shape index (κ1) is 17.7. The van der Waals surface area contributed by atoms with Gasteiger partial charge in [0.2, 0.25) is 0 Å². The quantitative estimate of drug-likeness (QED) is 0.229. The third kappa shape index (κ3) is 2.08. The molecule has 3 rings (SSSR count). The zero-order valence-corrected chi connectivity index (χ0v) is 14.4. The average molecular weight is 484 g/mol. The molecule has 0 atom stereocenters. The molecule has 0 nitrogen and oxygen atoms in total. The predicted octanol–water partition coefficient (Wildman–Crippen LogP) is 1.26. The molecule has 12 heteroatoms. The molecule has 0 amide bonds. The van der Waals surface area contributed by atoms with Gasteiger partial charge in [-0.05, 0) is 0 Å². The Morgan fingerprint density at radius 1 is 0.333 bits per heavy atom. The Hall–Kier alpha value is -1.14. The fraction of sp³-hybridized carbons (Fsp3) is 0. The third-order valence-electron chi connectivity index (χ3n) is 3.22. The second-order valence-electron chi connectivity index (χ2n) is 4.47. The van der Waals surface area contributed by atoms with Crippen molar-refractivity contribution in [3.63, 3.8) is 0 Å². The van der Waals surface area contributed by atoms with Gasteiger partial charge in [0.1, 0.15) is 0 Å². The van der Waals surface area contributed by atoms with E-state index in [1.165, 1.54) is 0 Å². The molecule has 2 aromatic rings. The molecular formula is C12As2F10. The fourth-order valence-corrected chi connectivity index (χ4v) is 11.6. The van der Waals surface area contributed by atoms with Crippen molar-refractivity contribution in [2.45, 2.75) is 0 Å². The molecule has 0 aliphatic carbocycles. The first-order chi connectivity index (χ1) is 11.1.